The third kappa shape index (κ3) is 4.56. The van der Waals surface area contributed by atoms with E-state index in [0.29, 0.717) is 12.2 Å². The molecule has 1 N–H and O–H groups in total. The SMILES string of the molecule is CC1COC(CO)CN1C(=O)/C=C/c1cccc(C(F)(F)F)c1. The Bertz CT molecular complexity index is 586. The first kappa shape index (κ1) is 17.5. The van der Waals surface area contributed by atoms with Crippen LogP contribution < -0.4 is 0 Å². The number of aliphatic hydroxyl groups excluding tert-OH is 1. The normalized spacial score (nSPS) is 22.6. The number of amides is 1. The molecule has 1 aromatic carbocycles. The maximum absolute atomic E-state index is 12.7. The van der Waals surface area contributed by atoms with E-state index in [9.17, 15) is 18.0 Å². The second-order valence-corrected chi connectivity index (χ2v) is 5.43. The molecule has 1 aliphatic heterocycles. The van der Waals surface area contributed by atoms with Crippen LogP contribution in [0.25, 0.3) is 6.08 Å². The molecular formula is C16H18F3NO3. The predicted molar refractivity (Wildman–Crippen MR) is 78.5 cm³/mol. The number of hydrogen-bond donors (Lipinski definition) is 1. The molecule has 0 bridgehead atoms. The molecule has 0 aliphatic carbocycles. The highest BCUT2D eigenvalue weighted by Gasteiger charge is 2.30. The second-order valence-electron chi connectivity index (χ2n) is 5.43. The van der Waals surface area contributed by atoms with Gasteiger partial charge in [-0.2, -0.15) is 13.2 Å². The van der Waals surface area contributed by atoms with Crippen LogP contribution in [-0.2, 0) is 15.7 Å². The fraction of sp³-hybridized carbons (Fsp3) is 0.438. The predicted octanol–water partition coefficient (Wildman–Crippen LogP) is 2.33. The van der Waals surface area contributed by atoms with Crippen LogP contribution in [0.2, 0.25) is 0 Å². The molecule has 1 amide bonds. The summed E-state index contributed by atoms with van der Waals surface area (Å²) in [7, 11) is 0. The van der Waals surface area contributed by atoms with Crippen LogP contribution in [0.4, 0.5) is 13.2 Å². The number of carbonyl (C=O) groups excluding carboxylic acids is 1. The average Bonchev–Trinajstić information content (AvgIpc) is 2.52. The summed E-state index contributed by atoms with van der Waals surface area (Å²) in [6.45, 7) is 2.19. The number of hydrogen-bond acceptors (Lipinski definition) is 3. The van der Waals surface area contributed by atoms with E-state index in [1.807, 2.05) is 6.92 Å². The first-order chi connectivity index (χ1) is 10.8. The lowest BCUT2D eigenvalue weighted by atomic mass is 10.1. The summed E-state index contributed by atoms with van der Waals surface area (Å²) in [6, 6.07) is 4.61. The van der Waals surface area contributed by atoms with Crippen LogP contribution in [0.5, 0.6) is 0 Å². The first-order valence-corrected chi connectivity index (χ1v) is 7.19. The van der Waals surface area contributed by atoms with Gasteiger partial charge in [0.15, 0.2) is 0 Å². The second kappa shape index (κ2) is 7.14. The highest BCUT2D eigenvalue weighted by Crippen LogP contribution is 2.29. The van der Waals surface area contributed by atoms with E-state index >= 15 is 0 Å². The molecule has 1 aliphatic rings. The van der Waals surface area contributed by atoms with E-state index < -0.39 is 17.8 Å². The lowest BCUT2D eigenvalue weighted by Crippen LogP contribution is -2.51. The standard InChI is InChI=1S/C16H18F3NO3/c1-11-10-23-14(9-21)8-20(11)15(22)6-5-12-3-2-4-13(7-12)16(17,18)19/h2-7,11,14,21H,8-10H2,1H3/b6-5+. The van der Waals surface area contributed by atoms with Gasteiger partial charge in [0.2, 0.25) is 5.91 Å². The molecule has 2 rings (SSSR count). The molecule has 1 saturated heterocycles. The average molecular weight is 329 g/mol. The number of rotatable bonds is 3. The molecule has 1 fully saturated rings. The topological polar surface area (TPSA) is 49.8 Å². The lowest BCUT2D eigenvalue weighted by molar-refractivity contribution is -0.141. The van der Waals surface area contributed by atoms with Crippen LogP contribution in [0, 0.1) is 0 Å². The molecule has 0 radical (unpaired) electrons. The van der Waals surface area contributed by atoms with Crippen molar-refractivity contribution >= 4 is 12.0 Å². The molecule has 4 nitrogen and oxygen atoms in total. The van der Waals surface area contributed by atoms with Crippen LogP contribution in [0.1, 0.15) is 18.1 Å². The molecule has 23 heavy (non-hydrogen) atoms. The number of carbonyl (C=O) groups is 1. The number of ether oxygens (including phenoxy) is 1. The largest absolute Gasteiger partial charge is 0.416 e. The zero-order valence-corrected chi connectivity index (χ0v) is 12.6. The van der Waals surface area contributed by atoms with Crippen LogP contribution in [0.3, 0.4) is 0 Å². The summed E-state index contributed by atoms with van der Waals surface area (Å²) < 4.78 is 43.3. The first-order valence-electron chi connectivity index (χ1n) is 7.19. The van der Waals surface area contributed by atoms with E-state index in [1.54, 1.807) is 0 Å². The van der Waals surface area contributed by atoms with Crippen molar-refractivity contribution in [2.45, 2.75) is 25.2 Å². The zero-order chi connectivity index (χ0) is 17.0. The summed E-state index contributed by atoms with van der Waals surface area (Å²) in [5, 5.41) is 9.10. The van der Waals surface area contributed by atoms with E-state index in [1.165, 1.54) is 29.2 Å². The number of alkyl halides is 3. The molecule has 2 unspecified atom stereocenters. The minimum atomic E-state index is -4.42. The summed E-state index contributed by atoms with van der Waals surface area (Å²) in [4.78, 5) is 13.7. The van der Waals surface area contributed by atoms with Gasteiger partial charge < -0.3 is 14.7 Å². The van der Waals surface area contributed by atoms with Crippen molar-refractivity contribution in [2.75, 3.05) is 19.8 Å². The molecule has 2 atom stereocenters. The molecular weight excluding hydrogens is 311 g/mol. The molecule has 0 spiro atoms. The molecule has 126 valence electrons. The number of benzene rings is 1. The summed E-state index contributed by atoms with van der Waals surface area (Å²) in [5.74, 6) is -0.323. The van der Waals surface area contributed by atoms with E-state index in [-0.39, 0.29) is 25.1 Å². The third-order valence-electron chi connectivity index (χ3n) is 3.62. The molecule has 1 aromatic rings. The van der Waals surface area contributed by atoms with E-state index in [4.69, 9.17) is 9.84 Å². The van der Waals surface area contributed by atoms with Crippen molar-refractivity contribution in [1.82, 2.24) is 4.90 Å². The van der Waals surface area contributed by atoms with Gasteiger partial charge in [0.1, 0.15) is 0 Å². The van der Waals surface area contributed by atoms with Gasteiger partial charge >= 0.3 is 6.18 Å². The molecule has 7 heteroatoms. The van der Waals surface area contributed by atoms with Gasteiger partial charge in [-0.1, -0.05) is 12.1 Å². The van der Waals surface area contributed by atoms with Crippen molar-refractivity contribution in [3.63, 3.8) is 0 Å². The van der Waals surface area contributed by atoms with Gasteiger partial charge in [-0.25, -0.2) is 0 Å². The van der Waals surface area contributed by atoms with Crippen molar-refractivity contribution in [3.8, 4) is 0 Å². The Morgan fingerprint density at radius 1 is 1.48 bits per heavy atom. The van der Waals surface area contributed by atoms with Crippen molar-refractivity contribution < 1.29 is 27.8 Å². The van der Waals surface area contributed by atoms with E-state index in [2.05, 4.69) is 0 Å². The van der Waals surface area contributed by atoms with Crippen molar-refractivity contribution in [3.05, 3.63) is 41.5 Å². The maximum atomic E-state index is 12.7. The Morgan fingerprint density at radius 2 is 2.22 bits per heavy atom. The third-order valence-corrected chi connectivity index (χ3v) is 3.62. The summed E-state index contributed by atoms with van der Waals surface area (Å²) in [5.41, 5.74) is -0.458. The fourth-order valence-electron chi connectivity index (χ4n) is 2.32. The van der Waals surface area contributed by atoms with Gasteiger partial charge in [0.05, 0.1) is 30.9 Å². The van der Waals surface area contributed by atoms with Crippen molar-refractivity contribution in [2.24, 2.45) is 0 Å². The highest BCUT2D eigenvalue weighted by atomic mass is 19.4. The summed E-state index contributed by atoms with van der Waals surface area (Å²) in [6.07, 6.45) is -2.25. The molecule has 0 aromatic heterocycles. The number of morpholine rings is 1. The van der Waals surface area contributed by atoms with E-state index in [0.717, 1.165) is 12.1 Å². The Morgan fingerprint density at radius 3 is 2.87 bits per heavy atom. The lowest BCUT2D eigenvalue weighted by Gasteiger charge is -2.36. The van der Waals surface area contributed by atoms with Crippen LogP contribution >= 0.6 is 0 Å². The quantitative estimate of drug-likeness (QED) is 0.866. The Labute approximate surface area is 132 Å². The maximum Gasteiger partial charge on any atom is 0.416 e. The molecule has 1 heterocycles. The van der Waals surface area contributed by atoms with Gasteiger partial charge in [0, 0.05) is 12.6 Å². The molecule has 0 saturated carbocycles. The van der Waals surface area contributed by atoms with Gasteiger partial charge in [-0.05, 0) is 30.7 Å². The Kier molecular flexibility index (Phi) is 5.43. The van der Waals surface area contributed by atoms with Crippen LogP contribution in [0.15, 0.2) is 30.3 Å². The van der Waals surface area contributed by atoms with Gasteiger partial charge in [0.25, 0.3) is 0 Å². The zero-order valence-electron chi connectivity index (χ0n) is 12.6. The highest BCUT2D eigenvalue weighted by molar-refractivity contribution is 5.92. The Hall–Kier alpha value is -1.86. The van der Waals surface area contributed by atoms with Gasteiger partial charge in [-0.3, -0.25) is 4.79 Å². The smallest absolute Gasteiger partial charge is 0.394 e. The minimum Gasteiger partial charge on any atom is -0.394 e. The van der Waals surface area contributed by atoms with Crippen molar-refractivity contribution in [1.29, 1.82) is 0 Å². The number of nitrogens with zero attached hydrogens (tertiary/aromatic N) is 1. The number of aliphatic hydroxyl groups is 1. The Balaban J connectivity index is 2.09. The van der Waals surface area contributed by atoms with Gasteiger partial charge in [-0.15, -0.1) is 0 Å². The monoisotopic (exact) mass is 329 g/mol. The summed E-state index contributed by atoms with van der Waals surface area (Å²) >= 11 is 0. The minimum absolute atomic E-state index is 0.156. The number of halogens is 3. The van der Waals surface area contributed by atoms with Crippen LogP contribution in [-0.4, -0.2) is 47.8 Å². The fourth-order valence-corrected chi connectivity index (χ4v) is 2.32.